The summed E-state index contributed by atoms with van der Waals surface area (Å²) in [5, 5.41) is 17.0. The minimum Gasteiger partial charge on any atom is -0.393 e. The van der Waals surface area contributed by atoms with Gasteiger partial charge in [-0.1, -0.05) is 11.3 Å². The maximum absolute atomic E-state index is 13.0. The van der Waals surface area contributed by atoms with E-state index in [9.17, 15) is 9.50 Å². The first kappa shape index (κ1) is 10.8. The van der Waals surface area contributed by atoms with E-state index in [1.54, 1.807) is 25.3 Å². The van der Waals surface area contributed by atoms with E-state index in [2.05, 4.69) is 10.3 Å². The highest BCUT2D eigenvalue weighted by molar-refractivity contribution is 5.30. The zero-order chi connectivity index (χ0) is 11.5. The summed E-state index contributed by atoms with van der Waals surface area (Å²) in [7, 11) is 0. The van der Waals surface area contributed by atoms with Crippen LogP contribution in [0.3, 0.4) is 0 Å². The van der Waals surface area contributed by atoms with Crippen LogP contribution in [0.2, 0.25) is 0 Å². The zero-order valence-corrected chi connectivity index (χ0v) is 8.84. The fraction of sp³-hybridized carbons (Fsp3) is 0.273. The van der Waals surface area contributed by atoms with Gasteiger partial charge in [-0.2, -0.15) is 0 Å². The fourth-order valence-corrected chi connectivity index (χ4v) is 1.44. The van der Waals surface area contributed by atoms with Crippen LogP contribution in [0, 0.1) is 5.82 Å². The molecular formula is C11H12FN3O. The Balaban J connectivity index is 2.24. The Morgan fingerprint density at radius 3 is 3.00 bits per heavy atom. The van der Waals surface area contributed by atoms with Crippen LogP contribution in [0.25, 0.3) is 5.69 Å². The average molecular weight is 221 g/mol. The predicted octanol–water partition coefficient (Wildman–Crippen LogP) is 1.33. The van der Waals surface area contributed by atoms with E-state index < -0.39 is 6.10 Å². The standard InChI is InChI=1S/C11H12FN3O/c1-8(16)5-10-7-15(14-13-10)11-4-2-3-9(12)6-11/h2-4,6-8,16H,5H2,1H3. The number of hydrogen-bond donors (Lipinski definition) is 1. The molecule has 2 aromatic rings. The van der Waals surface area contributed by atoms with Gasteiger partial charge in [0.15, 0.2) is 0 Å². The second-order valence-electron chi connectivity index (χ2n) is 3.69. The average Bonchev–Trinajstić information content (AvgIpc) is 2.65. The molecule has 0 fully saturated rings. The summed E-state index contributed by atoms with van der Waals surface area (Å²) in [6.45, 7) is 1.68. The van der Waals surface area contributed by atoms with Crippen LogP contribution < -0.4 is 0 Å². The number of halogens is 1. The molecule has 0 aliphatic heterocycles. The Bertz CT molecular complexity index is 482. The van der Waals surface area contributed by atoms with Gasteiger partial charge in [0, 0.05) is 6.42 Å². The number of aromatic nitrogens is 3. The minimum absolute atomic E-state index is 0.315. The monoisotopic (exact) mass is 221 g/mol. The molecule has 0 amide bonds. The molecule has 1 heterocycles. The van der Waals surface area contributed by atoms with Crippen LogP contribution in [-0.4, -0.2) is 26.2 Å². The van der Waals surface area contributed by atoms with E-state index in [1.807, 2.05) is 0 Å². The molecule has 0 aliphatic rings. The Hall–Kier alpha value is -1.75. The molecule has 1 atom stereocenters. The minimum atomic E-state index is -0.461. The van der Waals surface area contributed by atoms with Crippen molar-refractivity contribution in [1.82, 2.24) is 15.0 Å². The molecule has 1 aromatic carbocycles. The quantitative estimate of drug-likeness (QED) is 0.850. The van der Waals surface area contributed by atoms with Gasteiger partial charge in [0.1, 0.15) is 5.82 Å². The van der Waals surface area contributed by atoms with Crippen molar-refractivity contribution in [2.24, 2.45) is 0 Å². The fourth-order valence-electron chi connectivity index (χ4n) is 1.44. The van der Waals surface area contributed by atoms with Crippen molar-refractivity contribution < 1.29 is 9.50 Å². The smallest absolute Gasteiger partial charge is 0.125 e. The molecule has 4 nitrogen and oxygen atoms in total. The van der Waals surface area contributed by atoms with Crippen molar-refractivity contribution in [2.75, 3.05) is 0 Å². The zero-order valence-electron chi connectivity index (χ0n) is 8.84. The van der Waals surface area contributed by atoms with E-state index in [0.717, 1.165) is 0 Å². The third kappa shape index (κ3) is 2.43. The summed E-state index contributed by atoms with van der Waals surface area (Å²) in [6, 6.07) is 6.10. The predicted molar refractivity (Wildman–Crippen MR) is 56.7 cm³/mol. The first-order valence-electron chi connectivity index (χ1n) is 5.00. The van der Waals surface area contributed by atoms with Crippen molar-refractivity contribution in [3.63, 3.8) is 0 Å². The number of nitrogens with zero attached hydrogens (tertiary/aromatic N) is 3. The lowest BCUT2D eigenvalue weighted by atomic mass is 10.2. The molecular weight excluding hydrogens is 209 g/mol. The number of rotatable bonds is 3. The van der Waals surface area contributed by atoms with Gasteiger partial charge in [-0.3, -0.25) is 0 Å². The maximum Gasteiger partial charge on any atom is 0.125 e. The lowest BCUT2D eigenvalue weighted by Crippen LogP contribution is -2.04. The Labute approximate surface area is 92.3 Å². The lowest BCUT2D eigenvalue weighted by Gasteiger charge is -1.99. The summed E-state index contributed by atoms with van der Waals surface area (Å²) < 4.78 is 14.5. The van der Waals surface area contributed by atoms with E-state index in [0.29, 0.717) is 17.8 Å². The summed E-state index contributed by atoms with van der Waals surface area (Å²) >= 11 is 0. The Morgan fingerprint density at radius 1 is 1.50 bits per heavy atom. The van der Waals surface area contributed by atoms with Crippen LogP contribution in [0.5, 0.6) is 0 Å². The SMILES string of the molecule is CC(O)Cc1cn(-c2cccc(F)c2)nn1. The molecule has 84 valence electrons. The summed E-state index contributed by atoms with van der Waals surface area (Å²) in [5.41, 5.74) is 1.30. The van der Waals surface area contributed by atoms with Crippen molar-refractivity contribution in [2.45, 2.75) is 19.4 Å². The molecule has 1 N–H and O–H groups in total. The third-order valence-corrected chi connectivity index (χ3v) is 2.12. The molecule has 0 radical (unpaired) electrons. The van der Waals surface area contributed by atoms with Gasteiger partial charge >= 0.3 is 0 Å². The highest BCUT2D eigenvalue weighted by Crippen LogP contribution is 2.09. The molecule has 1 aromatic heterocycles. The molecule has 0 saturated heterocycles. The van der Waals surface area contributed by atoms with Gasteiger partial charge < -0.3 is 5.11 Å². The topological polar surface area (TPSA) is 50.9 Å². The van der Waals surface area contributed by atoms with Gasteiger partial charge in [-0.25, -0.2) is 9.07 Å². The number of aliphatic hydroxyl groups is 1. The van der Waals surface area contributed by atoms with Gasteiger partial charge in [-0.05, 0) is 25.1 Å². The molecule has 0 spiro atoms. The number of aliphatic hydroxyl groups excluding tert-OH is 1. The number of benzene rings is 1. The van der Waals surface area contributed by atoms with Crippen molar-refractivity contribution in [1.29, 1.82) is 0 Å². The summed E-state index contributed by atoms with van der Waals surface area (Å²) in [6.07, 6.45) is 1.66. The van der Waals surface area contributed by atoms with Crippen molar-refractivity contribution in [3.05, 3.63) is 42.0 Å². The molecule has 5 heteroatoms. The van der Waals surface area contributed by atoms with Gasteiger partial charge in [0.05, 0.1) is 23.7 Å². The highest BCUT2D eigenvalue weighted by atomic mass is 19.1. The van der Waals surface area contributed by atoms with Crippen LogP contribution in [0.4, 0.5) is 4.39 Å². The lowest BCUT2D eigenvalue weighted by molar-refractivity contribution is 0.194. The van der Waals surface area contributed by atoms with Crippen LogP contribution in [0.1, 0.15) is 12.6 Å². The highest BCUT2D eigenvalue weighted by Gasteiger charge is 2.05. The summed E-state index contributed by atoms with van der Waals surface area (Å²) in [4.78, 5) is 0. The molecule has 0 aliphatic carbocycles. The van der Waals surface area contributed by atoms with Crippen molar-refractivity contribution >= 4 is 0 Å². The maximum atomic E-state index is 13.0. The third-order valence-electron chi connectivity index (χ3n) is 2.12. The molecule has 16 heavy (non-hydrogen) atoms. The van der Waals surface area contributed by atoms with Gasteiger partial charge in [0.25, 0.3) is 0 Å². The normalized spacial score (nSPS) is 12.7. The van der Waals surface area contributed by atoms with Crippen LogP contribution >= 0.6 is 0 Å². The van der Waals surface area contributed by atoms with Crippen LogP contribution in [0.15, 0.2) is 30.5 Å². The molecule has 2 rings (SSSR count). The second kappa shape index (κ2) is 4.40. The van der Waals surface area contributed by atoms with E-state index >= 15 is 0 Å². The Kier molecular flexibility index (Phi) is 2.96. The molecule has 1 unspecified atom stereocenters. The van der Waals surface area contributed by atoms with E-state index in [1.165, 1.54) is 16.8 Å². The van der Waals surface area contributed by atoms with Crippen molar-refractivity contribution in [3.8, 4) is 5.69 Å². The first-order valence-corrected chi connectivity index (χ1v) is 5.00. The second-order valence-corrected chi connectivity index (χ2v) is 3.69. The first-order chi connectivity index (χ1) is 7.65. The van der Waals surface area contributed by atoms with E-state index in [-0.39, 0.29) is 5.82 Å². The van der Waals surface area contributed by atoms with Gasteiger partial charge in [0.2, 0.25) is 0 Å². The summed E-state index contributed by atoms with van der Waals surface area (Å²) in [5.74, 6) is -0.315. The van der Waals surface area contributed by atoms with Gasteiger partial charge in [-0.15, -0.1) is 5.10 Å². The van der Waals surface area contributed by atoms with E-state index in [4.69, 9.17) is 0 Å². The van der Waals surface area contributed by atoms with Crippen LogP contribution in [-0.2, 0) is 6.42 Å². The number of hydrogen-bond acceptors (Lipinski definition) is 3. The molecule has 0 bridgehead atoms. The largest absolute Gasteiger partial charge is 0.393 e. The molecule has 0 saturated carbocycles. The Morgan fingerprint density at radius 2 is 2.31 bits per heavy atom.